The van der Waals surface area contributed by atoms with E-state index in [9.17, 15) is 9.59 Å². The summed E-state index contributed by atoms with van der Waals surface area (Å²) in [5.41, 5.74) is 5.26. The summed E-state index contributed by atoms with van der Waals surface area (Å²) in [4.78, 5) is 27.5. The van der Waals surface area contributed by atoms with Gasteiger partial charge in [0, 0.05) is 11.4 Å². The average Bonchev–Trinajstić information content (AvgIpc) is 2.73. The Kier molecular flexibility index (Phi) is 7.60. The average molecular weight is 411 g/mol. The van der Waals surface area contributed by atoms with E-state index in [1.165, 1.54) is 15.4 Å². The van der Waals surface area contributed by atoms with Crippen molar-refractivity contribution in [2.75, 3.05) is 49.9 Å². The van der Waals surface area contributed by atoms with Crippen LogP contribution < -0.4 is 20.4 Å². The van der Waals surface area contributed by atoms with Gasteiger partial charge in [0.1, 0.15) is 26.2 Å². The van der Waals surface area contributed by atoms with Crippen LogP contribution >= 0.6 is 0 Å². The zero-order valence-electron chi connectivity index (χ0n) is 18.3. The molecule has 0 aliphatic carbocycles. The first-order chi connectivity index (χ1) is 14.5. The van der Waals surface area contributed by atoms with E-state index in [0.29, 0.717) is 13.1 Å². The molecule has 1 aliphatic rings. The van der Waals surface area contributed by atoms with Crippen molar-refractivity contribution < 1.29 is 19.4 Å². The number of rotatable bonds is 7. The Bertz CT molecular complexity index is 889. The number of aryl methyl sites for hydroxylation is 2. The Morgan fingerprint density at radius 1 is 0.800 bits per heavy atom. The zero-order chi connectivity index (χ0) is 21.5. The molecule has 6 nitrogen and oxygen atoms in total. The van der Waals surface area contributed by atoms with Crippen LogP contribution in [0.4, 0.5) is 11.4 Å². The lowest BCUT2D eigenvalue weighted by Gasteiger charge is -2.29. The van der Waals surface area contributed by atoms with Crippen molar-refractivity contribution in [2.45, 2.75) is 27.2 Å². The third kappa shape index (κ3) is 5.90. The van der Waals surface area contributed by atoms with Crippen molar-refractivity contribution in [3.63, 3.8) is 0 Å². The molecular formula is C24H34N4O2+2. The van der Waals surface area contributed by atoms with E-state index in [-0.39, 0.29) is 11.8 Å². The van der Waals surface area contributed by atoms with Gasteiger partial charge in [-0.15, -0.1) is 0 Å². The Morgan fingerprint density at radius 2 is 1.33 bits per heavy atom. The van der Waals surface area contributed by atoms with Crippen LogP contribution in [0.25, 0.3) is 0 Å². The van der Waals surface area contributed by atoms with Crippen molar-refractivity contribution in [3.8, 4) is 0 Å². The van der Waals surface area contributed by atoms with Crippen LogP contribution in [0.3, 0.4) is 0 Å². The summed E-state index contributed by atoms with van der Waals surface area (Å²) in [6, 6.07) is 13.9. The number of nitrogens with one attached hydrogen (secondary N) is 4. The van der Waals surface area contributed by atoms with Gasteiger partial charge < -0.3 is 20.4 Å². The second-order valence-electron chi connectivity index (χ2n) is 8.21. The van der Waals surface area contributed by atoms with Gasteiger partial charge in [0.15, 0.2) is 13.1 Å². The number of para-hydroxylation sites is 1. The first-order valence-electron chi connectivity index (χ1n) is 10.9. The third-order valence-electron chi connectivity index (χ3n) is 6.04. The van der Waals surface area contributed by atoms with Gasteiger partial charge in [-0.25, -0.2) is 0 Å². The Balaban J connectivity index is 1.42. The highest BCUT2D eigenvalue weighted by Gasteiger charge is 2.26. The normalized spacial score (nSPS) is 18.6. The maximum absolute atomic E-state index is 12.5. The first kappa shape index (κ1) is 22.0. The molecule has 160 valence electrons. The quantitative estimate of drug-likeness (QED) is 0.528. The van der Waals surface area contributed by atoms with Crippen LogP contribution in [0.1, 0.15) is 23.6 Å². The van der Waals surface area contributed by atoms with Crippen LogP contribution in [-0.4, -0.2) is 51.1 Å². The van der Waals surface area contributed by atoms with Gasteiger partial charge in [0.2, 0.25) is 0 Å². The number of hydrogen-bond donors (Lipinski definition) is 4. The molecule has 0 saturated carbocycles. The highest BCUT2D eigenvalue weighted by molar-refractivity contribution is 5.92. The molecule has 0 radical (unpaired) electrons. The summed E-state index contributed by atoms with van der Waals surface area (Å²) >= 11 is 0. The lowest BCUT2D eigenvalue weighted by Crippen LogP contribution is -3.28. The fraction of sp³-hybridized carbons (Fsp3) is 0.417. The molecule has 0 atom stereocenters. The molecule has 0 spiro atoms. The van der Waals surface area contributed by atoms with E-state index in [2.05, 4.69) is 30.5 Å². The summed E-state index contributed by atoms with van der Waals surface area (Å²) in [6.45, 7) is 10.7. The molecule has 0 aromatic heterocycles. The van der Waals surface area contributed by atoms with Crippen molar-refractivity contribution in [1.82, 2.24) is 0 Å². The van der Waals surface area contributed by atoms with Gasteiger partial charge in [0.05, 0.1) is 0 Å². The second-order valence-corrected chi connectivity index (χ2v) is 8.21. The Hall–Kier alpha value is -2.70. The van der Waals surface area contributed by atoms with Crippen molar-refractivity contribution in [1.29, 1.82) is 0 Å². The van der Waals surface area contributed by atoms with Crippen LogP contribution in [0.5, 0.6) is 0 Å². The Labute approximate surface area is 179 Å². The minimum Gasteiger partial charge on any atom is -0.321 e. The standard InChI is InChI=1S/C24H32N4O2/c1-4-20-9-5-6-10-22(20)26-24(30)17-28-14-12-27(13-15-28)16-23(29)25-21-11-7-8-18(2)19(21)3/h5-11H,4,12-17H2,1-3H3,(H,25,29)(H,26,30)/p+2. The molecular weight excluding hydrogens is 376 g/mol. The number of hydrogen-bond acceptors (Lipinski definition) is 2. The predicted octanol–water partition coefficient (Wildman–Crippen LogP) is 0.226. The summed E-state index contributed by atoms with van der Waals surface area (Å²) in [5, 5.41) is 6.11. The van der Waals surface area contributed by atoms with E-state index in [4.69, 9.17) is 0 Å². The largest absolute Gasteiger partial charge is 0.321 e. The number of carbonyl (C=O) groups is 2. The van der Waals surface area contributed by atoms with E-state index in [0.717, 1.165) is 55.1 Å². The minimum absolute atomic E-state index is 0.0519. The first-order valence-corrected chi connectivity index (χ1v) is 10.9. The van der Waals surface area contributed by atoms with Gasteiger partial charge in [-0.2, -0.15) is 0 Å². The molecule has 1 heterocycles. The number of carbonyl (C=O) groups excluding carboxylic acids is 2. The smallest absolute Gasteiger partial charge is 0.279 e. The molecule has 4 N–H and O–H groups in total. The van der Waals surface area contributed by atoms with E-state index >= 15 is 0 Å². The maximum Gasteiger partial charge on any atom is 0.279 e. The molecule has 2 amide bonds. The summed E-state index contributed by atoms with van der Waals surface area (Å²) in [7, 11) is 0. The van der Waals surface area contributed by atoms with E-state index in [1.54, 1.807) is 0 Å². The highest BCUT2D eigenvalue weighted by Crippen LogP contribution is 2.17. The number of piperazine rings is 1. The summed E-state index contributed by atoms with van der Waals surface area (Å²) < 4.78 is 0. The Morgan fingerprint density at radius 3 is 1.93 bits per heavy atom. The van der Waals surface area contributed by atoms with Crippen LogP contribution in [0.2, 0.25) is 0 Å². The molecule has 2 aromatic carbocycles. The monoisotopic (exact) mass is 410 g/mol. The van der Waals surface area contributed by atoms with Crippen LogP contribution in [0, 0.1) is 13.8 Å². The molecule has 3 rings (SSSR count). The number of amides is 2. The molecule has 30 heavy (non-hydrogen) atoms. The second kappa shape index (κ2) is 10.4. The van der Waals surface area contributed by atoms with Gasteiger partial charge in [-0.05, 0) is 49.1 Å². The van der Waals surface area contributed by atoms with Crippen LogP contribution in [-0.2, 0) is 16.0 Å². The lowest BCUT2D eigenvalue weighted by molar-refractivity contribution is -1.00. The molecule has 1 fully saturated rings. The van der Waals surface area contributed by atoms with Crippen molar-refractivity contribution >= 4 is 23.2 Å². The van der Waals surface area contributed by atoms with E-state index in [1.807, 2.05) is 43.3 Å². The summed E-state index contributed by atoms with van der Waals surface area (Å²) in [5.74, 6) is 0.109. The van der Waals surface area contributed by atoms with E-state index < -0.39 is 0 Å². The molecule has 1 saturated heterocycles. The minimum atomic E-state index is 0.0519. The maximum atomic E-state index is 12.5. The topological polar surface area (TPSA) is 67.1 Å². The fourth-order valence-corrected chi connectivity index (χ4v) is 3.99. The van der Waals surface area contributed by atoms with Gasteiger partial charge in [-0.3, -0.25) is 9.59 Å². The summed E-state index contributed by atoms with van der Waals surface area (Å²) in [6.07, 6.45) is 0.898. The van der Waals surface area contributed by atoms with Crippen molar-refractivity contribution in [2.24, 2.45) is 0 Å². The molecule has 0 bridgehead atoms. The van der Waals surface area contributed by atoms with Crippen molar-refractivity contribution in [3.05, 3.63) is 59.2 Å². The number of anilines is 2. The third-order valence-corrected chi connectivity index (χ3v) is 6.04. The highest BCUT2D eigenvalue weighted by atomic mass is 16.2. The molecule has 2 aromatic rings. The molecule has 0 unspecified atom stereocenters. The lowest BCUT2D eigenvalue weighted by atomic mass is 10.1. The zero-order valence-corrected chi connectivity index (χ0v) is 18.3. The number of quaternary nitrogens is 2. The SMILES string of the molecule is CCc1ccccc1NC(=O)C[NH+]1CC[NH+](CC(=O)Nc2cccc(C)c2C)CC1. The fourth-order valence-electron chi connectivity index (χ4n) is 3.99. The van der Waals surface area contributed by atoms with Gasteiger partial charge in [-0.1, -0.05) is 37.3 Å². The van der Waals surface area contributed by atoms with Gasteiger partial charge in [0.25, 0.3) is 11.8 Å². The van der Waals surface area contributed by atoms with Gasteiger partial charge >= 0.3 is 0 Å². The van der Waals surface area contributed by atoms with Crippen LogP contribution in [0.15, 0.2) is 42.5 Å². The predicted molar refractivity (Wildman–Crippen MR) is 120 cm³/mol. The molecule has 6 heteroatoms. The molecule has 1 aliphatic heterocycles. The number of benzene rings is 2.